The molecular weight excluding hydrogens is 638 g/mol. The lowest BCUT2D eigenvalue weighted by Crippen LogP contribution is -2.07. The van der Waals surface area contributed by atoms with Gasteiger partial charge in [-0.05, 0) is 71.4 Å². The number of furan rings is 1. The molecule has 4 heteroatoms. The van der Waals surface area contributed by atoms with Gasteiger partial charge >= 0.3 is 6.18 Å². The summed E-state index contributed by atoms with van der Waals surface area (Å²) in [4.78, 5) is 0. The molecule has 10 rings (SSSR count). The molecule has 1 nitrogen and oxygen atoms in total. The van der Waals surface area contributed by atoms with E-state index in [4.69, 9.17) is 4.42 Å². The summed E-state index contributed by atoms with van der Waals surface area (Å²) in [6, 6.07) is 53.4. The van der Waals surface area contributed by atoms with Crippen LogP contribution < -0.4 is 0 Å². The molecule has 0 bridgehead atoms. The van der Waals surface area contributed by atoms with Crippen molar-refractivity contribution in [2.75, 3.05) is 0 Å². The van der Waals surface area contributed by atoms with Gasteiger partial charge < -0.3 is 4.42 Å². The maximum absolute atomic E-state index is 14.7. The zero-order chi connectivity index (χ0) is 34.3. The number of para-hydroxylation sites is 1. The second kappa shape index (κ2) is 11.1. The van der Waals surface area contributed by atoms with Gasteiger partial charge in [0.2, 0.25) is 0 Å². The molecule has 51 heavy (non-hydrogen) atoms. The first-order valence-electron chi connectivity index (χ1n) is 16.9. The van der Waals surface area contributed by atoms with E-state index in [2.05, 4.69) is 84.9 Å². The molecule has 0 fully saturated rings. The van der Waals surface area contributed by atoms with Crippen molar-refractivity contribution in [3.05, 3.63) is 169 Å². The maximum atomic E-state index is 14.7. The van der Waals surface area contributed by atoms with E-state index < -0.39 is 11.7 Å². The standard InChI is InChI=1S/C47H27F3O/c48-47(49,50)45-35-22-10-8-20-33(35)43(34-21-9-11-23-36(34)45)38-25-12-26-39-44-37(24-13-27-40(44)51-46(38)39)42-31-18-6-4-16-29(31)41(28-14-2-1-3-15-28)30-17-5-7-19-32(30)42/h1-27H. The van der Waals surface area contributed by atoms with Gasteiger partial charge in [-0.15, -0.1) is 0 Å². The minimum atomic E-state index is -4.53. The summed E-state index contributed by atoms with van der Waals surface area (Å²) in [5, 5.41) is 7.86. The van der Waals surface area contributed by atoms with E-state index in [1.807, 2.05) is 30.3 Å². The van der Waals surface area contributed by atoms with E-state index in [-0.39, 0.29) is 10.8 Å². The third kappa shape index (κ3) is 4.36. The molecule has 0 radical (unpaired) electrons. The highest BCUT2D eigenvalue weighted by atomic mass is 19.4. The highest BCUT2D eigenvalue weighted by Gasteiger charge is 2.36. The van der Waals surface area contributed by atoms with Gasteiger partial charge in [-0.25, -0.2) is 0 Å². The molecule has 1 aromatic heterocycles. The van der Waals surface area contributed by atoms with Gasteiger partial charge in [-0.1, -0.05) is 158 Å². The Morgan fingerprint density at radius 2 is 0.765 bits per heavy atom. The monoisotopic (exact) mass is 664 g/mol. The normalized spacial score (nSPS) is 12.2. The summed E-state index contributed by atoms with van der Waals surface area (Å²) in [7, 11) is 0. The molecule has 0 saturated carbocycles. The van der Waals surface area contributed by atoms with Gasteiger partial charge in [0.25, 0.3) is 0 Å². The number of halogens is 3. The lowest BCUT2D eigenvalue weighted by Gasteiger charge is -2.19. The van der Waals surface area contributed by atoms with Crippen LogP contribution >= 0.6 is 0 Å². The third-order valence-electron chi connectivity index (χ3n) is 10.3. The van der Waals surface area contributed by atoms with Crippen LogP contribution in [0.1, 0.15) is 5.56 Å². The summed E-state index contributed by atoms with van der Waals surface area (Å²) in [6.07, 6.45) is -4.53. The van der Waals surface area contributed by atoms with E-state index in [1.165, 1.54) is 5.56 Å². The molecule has 0 aliphatic rings. The average molecular weight is 665 g/mol. The molecule has 9 aromatic carbocycles. The fourth-order valence-electron chi connectivity index (χ4n) is 8.31. The van der Waals surface area contributed by atoms with Crippen molar-refractivity contribution in [3.8, 4) is 33.4 Å². The van der Waals surface area contributed by atoms with Crippen LogP contribution in [0, 0.1) is 0 Å². The number of rotatable bonds is 3. The van der Waals surface area contributed by atoms with Gasteiger partial charge in [0.05, 0.1) is 5.56 Å². The van der Waals surface area contributed by atoms with Gasteiger partial charge in [0.1, 0.15) is 11.2 Å². The minimum Gasteiger partial charge on any atom is -0.455 e. The maximum Gasteiger partial charge on any atom is 0.417 e. The van der Waals surface area contributed by atoms with Crippen LogP contribution in [0.5, 0.6) is 0 Å². The Kier molecular flexibility index (Phi) is 6.40. The summed E-state index contributed by atoms with van der Waals surface area (Å²) >= 11 is 0. The Morgan fingerprint density at radius 1 is 0.353 bits per heavy atom. The second-order valence-corrected chi connectivity index (χ2v) is 13.0. The highest BCUT2D eigenvalue weighted by molar-refractivity contribution is 6.27. The quantitative estimate of drug-likeness (QED) is 0.171. The Labute approximate surface area is 290 Å². The SMILES string of the molecule is FC(F)(F)c1c2ccccc2c(-c2cccc3c2oc2cccc(-c4c5ccccc5c(-c5ccccc5)c5ccccc45)c23)c2ccccc12. The average Bonchev–Trinajstić information content (AvgIpc) is 3.55. The molecule has 0 aliphatic carbocycles. The minimum absolute atomic E-state index is 0.170. The molecule has 0 spiro atoms. The molecule has 1 heterocycles. The molecule has 242 valence electrons. The van der Waals surface area contributed by atoms with Crippen LogP contribution in [0.4, 0.5) is 13.2 Å². The van der Waals surface area contributed by atoms with Crippen LogP contribution in [0.3, 0.4) is 0 Å². The van der Waals surface area contributed by atoms with Gasteiger partial charge in [-0.3, -0.25) is 0 Å². The van der Waals surface area contributed by atoms with Crippen molar-refractivity contribution in [2.24, 2.45) is 0 Å². The van der Waals surface area contributed by atoms with E-state index in [0.717, 1.165) is 65.7 Å². The van der Waals surface area contributed by atoms with Gasteiger partial charge in [0, 0.05) is 21.9 Å². The van der Waals surface area contributed by atoms with Gasteiger partial charge in [-0.2, -0.15) is 13.2 Å². The number of fused-ring (bicyclic) bond motifs is 7. The topological polar surface area (TPSA) is 13.1 Å². The van der Waals surface area contributed by atoms with Crippen molar-refractivity contribution < 1.29 is 17.6 Å². The van der Waals surface area contributed by atoms with Crippen LogP contribution in [-0.2, 0) is 6.18 Å². The molecule has 0 amide bonds. The Bertz CT molecular complexity index is 2890. The number of benzene rings is 9. The largest absolute Gasteiger partial charge is 0.455 e. The van der Waals surface area contributed by atoms with Crippen molar-refractivity contribution in [1.82, 2.24) is 0 Å². The van der Waals surface area contributed by atoms with E-state index in [0.29, 0.717) is 16.4 Å². The first-order valence-corrected chi connectivity index (χ1v) is 16.9. The van der Waals surface area contributed by atoms with Crippen LogP contribution in [0.15, 0.2) is 168 Å². The van der Waals surface area contributed by atoms with Crippen molar-refractivity contribution in [2.45, 2.75) is 6.18 Å². The third-order valence-corrected chi connectivity index (χ3v) is 10.3. The van der Waals surface area contributed by atoms with Gasteiger partial charge in [0.15, 0.2) is 0 Å². The molecule has 10 aromatic rings. The lowest BCUT2D eigenvalue weighted by molar-refractivity contribution is -0.135. The van der Waals surface area contributed by atoms with E-state index in [1.54, 1.807) is 48.5 Å². The summed E-state index contributed by atoms with van der Waals surface area (Å²) in [5.41, 5.74) is 6.73. The summed E-state index contributed by atoms with van der Waals surface area (Å²) in [6.45, 7) is 0. The van der Waals surface area contributed by atoms with Crippen LogP contribution in [0.2, 0.25) is 0 Å². The molecule has 0 aliphatic heterocycles. The Morgan fingerprint density at radius 3 is 1.31 bits per heavy atom. The van der Waals surface area contributed by atoms with E-state index in [9.17, 15) is 13.2 Å². The number of hydrogen-bond donors (Lipinski definition) is 0. The smallest absolute Gasteiger partial charge is 0.417 e. The molecule has 0 N–H and O–H groups in total. The first kappa shape index (κ1) is 29.5. The highest BCUT2D eigenvalue weighted by Crippen LogP contribution is 2.50. The number of alkyl halides is 3. The molecule has 0 saturated heterocycles. The fraction of sp³-hybridized carbons (Fsp3) is 0.0213. The molecular formula is C47H27F3O. The lowest BCUT2D eigenvalue weighted by atomic mass is 9.84. The predicted molar refractivity (Wildman–Crippen MR) is 205 cm³/mol. The Balaban J connectivity index is 1.32. The van der Waals surface area contributed by atoms with Crippen molar-refractivity contribution in [1.29, 1.82) is 0 Å². The molecule has 0 atom stereocenters. The summed E-state index contributed by atoms with van der Waals surface area (Å²) < 4.78 is 50.9. The van der Waals surface area contributed by atoms with Crippen LogP contribution in [0.25, 0.3) is 98.4 Å². The molecule has 0 unspecified atom stereocenters. The zero-order valence-corrected chi connectivity index (χ0v) is 27.1. The van der Waals surface area contributed by atoms with Crippen molar-refractivity contribution in [3.63, 3.8) is 0 Å². The number of hydrogen-bond acceptors (Lipinski definition) is 1. The Hall–Kier alpha value is -6.39. The first-order chi connectivity index (χ1) is 25.0. The van der Waals surface area contributed by atoms with E-state index >= 15 is 0 Å². The predicted octanol–water partition coefficient (Wildman–Crippen LogP) is 14.2. The second-order valence-electron chi connectivity index (χ2n) is 13.0. The fourth-order valence-corrected chi connectivity index (χ4v) is 8.31. The summed E-state index contributed by atoms with van der Waals surface area (Å²) in [5.74, 6) is 0. The van der Waals surface area contributed by atoms with Crippen LogP contribution in [-0.4, -0.2) is 0 Å². The zero-order valence-electron chi connectivity index (χ0n) is 27.1. The van der Waals surface area contributed by atoms with Crippen molar-refractivity contribution >= 4 is 65.0 Å².